The number of hydrogen-bond acceptors (Lipinski definition) is 3. The van der Waals surface area contributed by atoms with Gasteiger partial charge in [-0.1, -0.05) is 12.2 Å². The van der Waals surface area contributed by atoms with E-state index in [9.17, 15) is 10.1 Å². The summed E-state index contributed by atoms with van der Waals surface area (Å²) in [5.74, 6) is 0. The minimum atomic E-state index is -0.386. The molecule has 0 bridgehead atoms. The van der Waals surface area contributed by atoms with Crippen molar-refractivity contribution in [3.8, 4) is 0 Å². The molecule has 86 valence electrons. The van der Waals surface area contributed by atoms with E-state index in [1.807, 2.05) is 6.92 Å². The number of anilines is 1. The molecule has 0 fully saturated rings. The summed E-state index contributed by atoms with van der Waals surface area (Å²) in [5, 5.41) is 13.9. The van der Waals surface area contributed by atoms with Gasteiger partial charge in [0, 0.05) is 28.3 Å². The van der Waals surface area contributed by atoms with E-state index in [0.717, 1.165) is 11.3 Å². The van der Waals surface area contributed by atoms with Gasteiger partial charge in [-0.15, -0.1) is 0 Å². The number of rotatable bonds is 4. The molecular formula is C11H13BrN2O2. The van der Waals surface area contributed by atoms with Crippen LogP contribution in [0.5, 0.6) is 0 Å². The van der Waals surface area contributed by atoms with Crippen molar-refractivity contribution in [1.29, 1.82) is 0 Å². The van der Waals surface area contributed by atoms with Crippen LogP contribution in [0.3, 0.4) is 0 Å². The predicted octanol–water partition coefficient (Wildman–Crippen LogP) is 3.65. The third-order valence-corrected chi connectivity index (χ3v) is 2.72. The minimum Gasteiger partial charge on any atom is -0.380 e. The Hall–Kier alpha value is -1.36. The standard InChI is InChI=1S/C11H13BrN2O2/c1-7(2)6-13-10-4-8(3)11(14(15)16)5-9(10)12/h4-5,13H,1,6H2,2-3H3. The second-order valence-electron chi connectivity index (χ2n) is 3.69. The molecule has 0 aliphatic carbocycles. The summed E-state index contributed by atoms with van der Waals surface area (Å²) in [6.45, 7) is 8.07. The van der Waals surface area contributed by atoms with Crippen LogP contribution >= 0.6 is 15.9 Å². The Morgan fingerprint density at radius 3 is 2.75 bits per heavy atom. The quantitative estimate of drug-likeness (QED) is 0.522. The molecule has 0 saturated carbocycles. The molecule has 0 heterocycles. The lowest BCUT2D eigenvalue weighted by atomic mass is 10.2. The number of benzene rings is 1. The Balaban J connectivity index is 3.01. The molecule has 0 spiro atoms. The Morgan fingerprint density at radius 1 is 1.62 bits per heavy atom. The number of halogens is 1. The molecule has 0 saturated heterocycles. The fraction of sp³-hybridized carbons (Fsp3) is 0.273. The summed E-state index contributed by atoms with van der Waals surface area (Å²) < 4.78 is 0.686. The van der Waals surface area contributed by atoms with Crippen LogP contribution in [0.1, 0.15) is 12.5 Å². The molecule has 0 aromatic heterocycles. The third kappa shape index (κ3) is 3.06. The third-order valence-electron chi connectivity index (χ3n) is 2.06. The minimum absolute atomic E-state index is 0.118. The molecule has 0 aliphatic heterocycles. The fourth-order valence-corrected chi connectivity index (χ4v) is 1.72. The first kappa shape index (κ1) is 12.7. The van der Waals surface area contributed by atoms with Gasteiger partial charge in [-0.3, -0.25) is 10.1 Å². The molecule has 0 atom stereocenters. The molecule has 0 radical (unpaired) electrons. The number of nitrogens with one attached hydrogen (secondary N) is 1. The molecule has 0 amide bonds. The van der Waals surface area contributed by atoms with Crippen molar-refractivity contribution in [2.45, 2.75) is 13.8 Å². The molecule has 1 N–H and O–H groups in total. The smallest absolute Gasteiger partial charge is 0.273 e. The van der Waals surface area contributed by atoms with E-state index in [4.69, 9.17) is 0 Å². The molecule has 0 unspecified atom stereocenters. The largest absolute Gasteiger partial charge is 0.380 e. The van der Waals surface area contributed by atoms with E-state index in [-0.39, 0.29) is 10.6 Å². The van der Waals surface area contributed by atoms with Gasteiger partial charge >= 0.3 is 0 Å². The first-order valence-electron chi connectivity index (χ1n) is 4.74. The van der Waals surface area contributed by atoms with E-state index in [0.29, 0.717) is 16.6 Å². The molecule has 4 nitrogen and oxygen atoms in total. The Kier molecular flexibility index (Phi) is 4.06. The monoisotopic (exact) mass is 284 g/mol. The van der Waals surface area contributed by atoms with Crippen molar-refractivity contribution in [3.63, 3.8) is 0 Å². The first-order chi connectivity index (χ1) is 7.41. The lowest BCUT2D eigenvalue weighted by Gasteiger charge is -2.09. The van der Waals surface area contributed by atoms with Crippen LogP contribution in [0, 0.1) is 17.0 Å². The zero-order chi connectivity index (χ0) is 12.3. The zero-order valence-electron chi connectivity index (χ0n) is 9.21. The van der Waals surface area contributed by atoms with E-state index < -0.39 is 0 Å². The highest BCUT2D eigenvalue weighted by molar-refractivity contribution is 9.10. The summed E-state index contributed by atoms with van der Waals surface area (Å²) in [7, 11) is 0. The molecule has 5 heteroatoms. The van der Waals surface area contributed by atoms with Gasteiger partial charge in [0.05, 0.1) is 4.92 Å². The van der Waals surface area contributed by atoms with Crippen LogP contribution in [-0.2, 0) is 0 Å². The van der Waals surface area contributed by atoms with Crippen LogP contribution < -0.4 is 5.32 Å². The van der Waals surface area contributed by atoms with Gasteiger partial charge in [-0.2, -0.15) is 0 Å². The Bertz CT molecular complexity index is 444. The highest BCUT2D eigenvalue weighted by Crippen LogP contribution is 2.30. The van der Waals surface area contributed by atoms with Crippen molar-refractivity contribution < 1.29 is 4.92 Å². The van der Waals surface area contributed by atoms with Gasteiger partial charge in [0.2, 0.25) is 0 Å². The molecule has 16 heavy (non-hydrogen) atoms. The van der Waals surface area contributed by atoms with E-state index in [2.05, 4.69) is 27.8 Å². The number of nitro benzene ring substituents is 1. The van der Waals surface area contributed by atoms with Crippen LogP contribution in [0.4, 0.5) is 11.4 Å². The normalized spacial score (nSPS) is 9.94. The van der Waals surface area contributed by atoms with Gasteiger partial charge in [0.25, 0.3) is 5.69 Å². The summed E-state index contributed by atoms with van der Waals surface area (Å²) in [5.41, 5.74) is 2.60. The molecular weight excluding hydrogens is 272 g/mol. The summed E-state index contributed by atoms with van der Waals surface area (Å²) in [6, 6.07) is 3.27. The fourth-order valence-electron chi connectivity index (χ4n) is 1.25. The highest BCUT2D eigenvalue weighted by atomic mass is 79.9. The lowest BCUT2D eigenvalue weighted by Crippen LogP contribution is -2.03. The van der Waals surface area contributed by atoms with Crippen LogP contribution in [0.25, 0.3) is 0 Å². The molecule has 1 aromatic rings. The van der Waals surface area contributed by atoms with E-state index in [1.54, 1.807) is 13.0 Å². The summed E-state index contributed by atoms with van der Waals surface area (Å²) in [6.07, 6.45) is 0. The average molecular weight is 285 g/mol. The maximum absolute atomic E-state index is 10.7. The predicted molar refractivity (Wildman–Crippen MR) is 68.8 cm³/mol. The second-order valence-corrected chi connectivity index (χ2v) is 4.54. The van der Waals surface area contributed by atoms with Gasteiger partial charge < -0.3 is 5.32 Å². The number of aryl methyl sites for hydroxylation is 1. The Labute approximate surface area is 103 Å². The SMILES string of the molecule is C=C(C)CNc1cc(C)c([N+](=O)[O-])cc1Br. The Morgan fingerprint density at radius 2 is 2.25 bits per heavy atom. The van der Waals surface area contributed by atoms with Gasteiger partial charge in [-0.25, -0.2) is 0 Å². The average Bonchev–Trinajstić information content (AvgIpc) is 2.18. The van der Waals surface area contributed by atoms with Crippen LogP contribution in [0.2, 0.25) is 0 Å². The van der Waals surface area contributed by atoms with Crippen molar-refractivity contribution in [2.24, 2.45) is 0 Å². The van der Waals surface area contributed by atoms with Crippen LogP contribution in [0.15, 0.2) is 28.8 Å². The maximum atomic E-state index is 10.7. The van der Waals surface area contributed by atoms with E-state index in [1.165, 1.54) is 6.07 Å². The topological polar surface area (TPSA) is 55.2 Å². The van der Waals surface area contributed by atoms with Gasteiger partial charge in [0.1, 0.15) is 0 Å². The highest BCUT2D eigenvalue weighted by Gasteiger charge is 2.13. The van der Waals surface area contributed by atoms with Gasteiger partial charge in [-0.05, 0) is 35.8 Å². The van der Waals surface area contributed by atoms with Crippen molar-refractivity contribution in [2.75, 3.05) is 11.9 Å². The maximum Gasteiger partial charge on any atom is 0.273 e. The number of nitro groups is 1. The number of nitrogens with zero attached hydrogens (tertiary/aromatic N) is 1. The number of hydrogen-bond donors (Lipinski definition) is 1. The first-order valence-corrected chi connectivity index (χ1v) is 5.54. The lowest BCUT2D eigenvalue weighted by molar-refractivity contribution is -0.385. The van der Waals surface area contributed by atoms with Crippen molar-refractivity contribution in [1.82, 2.24) is 0 Å². The molecule has 0 aliphatic rings. The van der Waals surface area contributed by atoms with Gasteiger partial charge in [0.15, 0.2) is 0 Å². The van der Waals surface area contributed by atoms with Crippen molar-refractivity contribution >= 4 is 27.3 Å². The summed E-state index contributed by atoms with van der Waals surface area (Å²) in [4.78, 5) is 10.3. The second kappa shape index (κ2) is 5.12. The summed E-state index contributed by atoms with van der Waals surface area (Å²) >= 11 is 3.30. The molecule has 1 aromatic carbocycles. The zero-order valence-corrected chi connectivity index (χ0v) is 10.8. The molecule has 1 rings (SSSR count). The van der Waals surface area contributed by atoms with Crippen molar-refractivity contribution in [3.05, 3.63) is 44.4 Å². The van der Waals surface area contributed by atoms with Crippen LogP contribution in [-0.4, -0.2) is 11.5 Å². The van der Waals surface area contributed by atoms with E-state index >= 15 is 0 Å².